The van der Waals surface area contributed by atoms with Crippen LogP contribution in [0.2, 0.25) is 0 Å². The molecule has 7 heteroatoms. The third-order valence-electron chi connectivity index (χ3n) is 3.67. The van der Waals surface area contributed by atoms with E-state index in [2.05, 4.69) is 30.4 Å². The zero-order valence-corrected chi connectivity index (χ0v) is 12.7. The molecule has 0 aliphatic carbocycles. The van der Waals surface area contributed by atoms with Gasteiger partial charge >= 0.3 is 0 Å². The summed E-state index contributed by atoms with van der Waals surface area (Å²) in [6.45, 7) is 3.83. The van der Waals surface area contributed by atoms with Crippen molar-refractivity contribution in [3.8, 4) is 11.1 Å². The second-order valence-corrected chi connectivity index (χ2v) is 5.24. The van der Waals surface area contributed by atoms with E-state index < -0.39 is 0 Å². The minimum Gasteiger partial charge on any atom is -0.361 e. The number of fused-ring (bicyclic) bond motifs is 1. The lowest BCUT2D eigenvalue weighted by Gasteiger charge is -2.09. The average Bonchev–Trinajstić information content (AvgIpc) is 3.15. The van der Waals surface area contributed by atoms with Gasteiger partial charge in [0.1, 0.15) is 17.1 Å². The molecule has 0 radical (unpaired) electrons. The molecule has 3 heterocycles. The fraction of sp³-hybridized carbons (Fsp3) is 0.125. The highest BCUT2D eigenvalue weighted by atomic mass is 16.5. The van der Waals surface area contributed by atoms with Crippen LogP contribution in [0.15, 0.2) is 41.6 Å². The van der Waals surface area contributed by atoms with Crippen LogP contribution in [0, 0.1) is 13.8 Å². The maximum atomic E-state index is 5.28. The zero-order valence-electron chi connectivity index (χ0n) is 12.7. The SMILES string of the molecule is Cc1noc(C)c1-c1cc(Nc2cnccn2)c2nc[nH]c2c1. The van der Waals surface area contributed by atoms with E-state index in [1.165, 1.54) is 0 Å². The number of aromatic nitrogens is 5. The van der Waals surface area contributed by atoms with Gasteiger partial charge in [-0.15, -0.1) is 0 Å². The first-order valence-corrected chi connectivity index (χ1v) is 7.16. The van der Waals surface area contributed by atoms with Crippen molar-refractivity contribution in [3.05, 3.63) is 48.5 Å². The number of H-pyrrole nitrogens is 1. The molecule has 0 aliphatic rings. The summed E-state index contributed by atoms with van der Waals surface area (Å²) in [5, 5.41) is 7.30. The van der Waals surface area contributed by atoms with E-state index in [9.17, 15) is 0 Å². The van der Waals surface area contributed by atoms with Gasteiger partial charge in [0.05, 0.1) is 29.4 Å². The van der Waals surface area contributed by atoms with Crippen molar-refractivity contribution < 1.29 is 4.52 Å². The minimum absolute atomic E-state index is 0.660. The maximum absolute atomic E-state index is 5.28. The predicted molar refractivity (Wildman–Crippen MR) is 86.4 cm³/mol. The van der Waals surface area contributed by atoms with Crippen molar-refractivity contribution in [2.24, 2.45) is 0 Å². The standard InChI is InChI=1S/C16H14N6O/c1-9-15(10(2)23-22-9)11-5-12-16(20-8-19-12)13(6-11)21-14-7-17-3-4-18-14/h3-8H,1-2H3,(H,18,21)(H,19,20). The van der Waals surface area contributed by atoms with Crippen molar-refractivity contribution in [3.63, 3.8) is 0 Å². The molecule has 4 rings (SSSR count). The minimum atomic E-state index is 0.660. The Morgan fingerprint density at radius 1 is 1.13 bits per heavy atom. The monoisotopic (exact) mass is 306 g/mol. The molecule has 0 atom stereocenters. The molecule has 0 saturated heterocycles. The van der Waals surface area contributed by atoms with E-state index in [1.54, 1.807) is 24.9 Å². The van der Waals surface area contributed by atoms with Crippen LogP contribution >= 0.6 is 0 Å². The van der Waals surface area contributed by atoms with Gasteiger partial charge in [0, 0.05) is 18.0 Å². The summed E-state index contributed by atoms with van der Waals surface area (Å²) in [7, 11) is 0. The van der Waals surface area contributed by atoms with Gasteiger partial charge in [-0.25, -0.2) is 9.97 Å². The lowest BCUT2D eigenvalue weighted by Crippen LogP contribution is -1.96. The molecular weight excluding hydrogens is 292 g/mol. The highest BCUT2D eigenvalue weighted by Gasteiger charge is 2.15. The molecule has 0 saturated carbocycles. The van der Waals surface area contributed by atoms with Gasteiger partial charge in [0.2, 0.25) is 0 Å². The van der Waals surface area contributed by atoms with Crippen LogP contribution in [0.3, 0.4) is 0 Å². The van der Waals surface area contributed by atoms with Crippen molar-refractivity contribution >= 4 is 22.5 Å². The van der Waals surface area contributed by atoms with E-state index in [-0.39, 0.29) is 0 Å². The van der Waals surface area contributed by atoms with Crippen molar-refractivity contribution in [2.75, 3.05) is 5.32 Å². The number of rotatable bonds is 3. The van der Waals surface area contributed by atoms with Gasteiger partial charge in [0.25, 0.3) is 0 Å². The highest BCUT2D eigenvalue weighted by molar-refractivity contribution is 5.94. The predicted octanol–water partition coefficient (Wildman–Crippen LogP) is 3.37. The Morgan fingerprint density at radius 2 is 2.04 bits per heavy atom. The molecule has 0 spiro atoms. The largest absolute Gasteiger partial charge is 0.361 e. The molecule has 0 aliphatic heterocycles. The number of hydrogen-bond donors (Lipinski definition) is 2. The van der Waals surface area contributed by atoms with E-state index in [1.807, 2.05) is 26.0 Å². The lowest BCUT2D eigenvalue weighted by atomic mass is 10.0. The summed E-state index contributed by atoms with van der Waals surface area (Å²) in [4.78, 5) is 15.8. The average molecular weight is 306 g/mol. The van der Waals surface area contributed by atoms with E-state index in [0.717, 1.165) is 39.3 Å². The maximum Gasteiger partial charge on any atom is 0.148 e. The zero-order chi connectivity index (χ0) is 15.8. The van der Waals surface area contributed by atoms with Crippen LogP contribution in [-0.4, -0.2) is 25.1 Å². The molecule has 1 aromatic carbocycles. The van der Waals surface area contributed by atoms with Gasteiger partial charge < -0.3 is 14.8 Å². The van der Waals surface area contributed by atoms with Gasteiger partial charge in [-0.1, -0.05) is 5.16 Å². The van der Waals surface area contributed by atoms with Crippen LogP contribution < -0.4 is 5.32 Å². The van der Waals surface area contributed by atoms with Crippen molar-refractivity contribution in [1.29, 1.82) is 0 Å². The number of imidazole rings is 1. The smallest absolute Gasteiger partial charge is 0.148 e. The number of aryl methyl sites for hydroxylation is 2. The first-order valence-electron chi connectivity index (χ1n) is 7.16. The molecule has 2 N–H and O–H groups in total. The Labute approximate surface area is 131 Å². The Balaban J connectivity index is 1.88. The van der Waals surface area contributed by atoms with E-state index in [0.29, 0.717) is 5.82 Å². The number of anilines is 2. The summed E-state index contributed by atoms with van der Waals surface area (Å²) in [6.07, 6.45) is 6.61. The summed E-state index contributed by atoms with van der Waals surface area (Å²) < 4.78 is 5.28. The molecule has 0 unspecified atom stereocenters. The Kier molecular flexibility index (Phi) is 3.04. The summed E-state index contributed by atoms with van der Waals surface area (Å²) in [5.41, 5.74) is 5.46. The fourth-order valence-electron chi connectivity index (χ4n) is 2.69. The molecule has 23 heavy (non-hydrogen) atoms. The van der Waals surface area contributed by atoms with Gasteiger partial charge in [-0.2, -0.15) is 0 Å². The van der Waals surface area contributed by atoms with Crippen LogP contribution in [0.25, 0.3) is 22.2 Å². The Hall–Kier alpha value is -3.22. The Morgan fingerprint density at radius 3 is 2.78 bits per heavy atom. The highest BCUT2D eigenvalue weighted by Crippen LogP contribution is 2.33. The van der Waals surface area contributed by atoms with Crippen LogP contribution in [0.5, 0.6) is 0 Å². The van der Waals surface area contributed by atoms with Crippen molar-refractivity contribution in [1.82, 2.24) is 25.1 Å². The number of nitrogens with zero attached hydrogens (tertiary/aromatic N) is 4. The summed E-state index contributed by atoms with van der Waals surface area (Å²) >= 11 is 0. The molecule has 0 bridgehead atoms. The molecule has 114 valence electrons. The second kappa shape index (κ2) is 5.20. The fourth-order valence-corrected chi connectivity index (χ4v) is 2.69. The topological polar surface area (TPSA) is 92.5 Å². The second-order valence-electron chi connectivity index (χ2n) is 5.24. The lowest BCUT2D eigenvalue weighted by molar-refractivity contribution is 0.393. The third kappa shape index (κ3) is 2.32. The van der Waals surface area contributed by atoms with Crippen LogP contribution in [-0.2, 0) is 0 Å². The number of aromatic amines is 1. The summed E-state index contributed by atoms with van der Waals surface area (Å²) in [6, 6.07) is 4.06. The number of hydrogen-bond acceptors (Lipinski definition) is 6. The molecular formula is C16H14N6O. The molecule has 7 nitrogen and oxygen atoms in total. The quantitative estimate of drug-likeness (QED) is 0.603. The molecule has 0 amide bonds. The first-order chi connectivity index (χ1) is 11.2. The number of nitrogens with one attached hydrogen (secondary N) is 2. The van der Waals surface area contributed by atoms with Crippen LogP contribution in [0.4, 0.5) is 11.5 Å². The van der Waals surface area contributed by atoms with E-state index >= 15 is 0 Å². The van der Waals surface area contributed by atoms with Crippen molar-refractivity contribution in [2.45, 2.75) is 13.8 Å². The molecule has 3 aromatic heterocycles. The van der Waals surface area contributed by atoms with Gasteiger partial charge in [0.15, 0.2) is 0 Å². The first kappa shape index (κ1) is 13.4. The van der Waals surface area contributed by atoms with Gasteiger partial charge in [-0.05, 0) is 31.5 Å². The third-order valence-corrected chi connectivity index (χ3v) is 3.67. The molecule has 4 aromatic rings. The normalized spacial score (nSPS) is 11.0. The molecule has 0 fully saturated rings. The Bertz CT molecular complexity index is 953. The summed E-state index contributed by atoms with van der Waals surface area (Å²) in [5.74, 6) is 1.44. The van der Waals surface area contributed by atoms with Crippen LogP contribution in [0.1, 0.15) is 11.5 Å². The van der Waals surface area contributed by atoms with E-state index in [4.69, 9.17) is 4.52 Å². The van der Waals surface area contributed by atoms with Gasteiger partial charge in [-0.3, -0.25) is 4.98 Å². The number of benzene rings is 1.